The first kappa shape index (κ1) is 15.2. The van der Waals surface area contributed by atoms with Crippen molar-refractivity contribution >= 4 is 0 Å². The molecule has 5 nitrogen and oxygen atoms in total. The fourth-order valence-electron chi connectivity index (χ4n) is 3.34. The molecule has 0 fully saturated rings. The van der Waals surface area contributed by atoms with Crippen molar-refractivity contribution in [3.8, 4) is 0 Å². The highest BCUT2D eigenvalue weighted by Crippen LogP contribution is 2.30. The van der Waals surface area contributed by atoms with Crippen LogP contribution in [0.25, 0.3) is 0 Å². The molecule has 22 heavy (non-hydrogen) atoms. The lowest BCUT2D eigenvalue weighted by molar-refractivity contribution is 0.104. The molecule has 0 bridgehead atoms. The van der Waals surface area contributed by atoms with Gasteiger partial charge >= 0.3 is 0 Å². The van der Waals surface area contributed by atoms with Gasteiger partial charge in [-0.2, -0.15) is 0 Å². The number of aryl methyl sites for hydroxylation is 1. The number of fused-ring (bicyclic) bond motifs is 1. The van der Waals surface area contributed by atoms with Crippen molar-refractivity contribution in [2.24, 2.45) is 0 Å². The van der Waals surface area contributed by atoms with E-state index in [0.717, 1.165) is 44.1 Å². The third-order valence-corrected chi connectivity index (χ3v) is 4.50. The summed E-state index contributed by atoms with van der Waals surface area (Å²) < 4.78 is 2.19. The van der Waals surface area contributed by atoms with Gasteiger partial charge in [0.2, 0.25) is 0 Å². The summed E-state index contributed by atoms with van der Waals surface area (Å²) in [7, 11) is 0. The zero-order chi connectivity index (χ0) is 15.5. The molecule has 1 unspecified atom stereocenters. The minimum atomic E-state index is 0.0528. The van der Waals surface area contributed by atoms with Crippen LogP contribution in [0.1, 0.15) is 42.2 Å². The standard InChI is InChI=1S/C17H24N4O/c1-3-9-21-13(2)18-19-17(21)11-20-10-8-14-6-4-5-7-15(14)16(20)12-22/h4-7,16,22H,3,8-12H2,1-2H3. The molecule has 1 aromatic heterocycles. The van der Waals surface area contributed by atoms with E-state index in [0.29, 0.717) is 0 Å². The molecule has 118 valence electrons. The highest BCUT2D eigenvalue weighted by Gasteiger charge is 2.27. The molecule has 0 amide bonds. The highest BCUT2D eigenvalue weighted by molar-refractivity contribution is 5.32. The van der Waals surface area contributed by atoms with Gasteiger partial charge in [-0.1, -0.05) is 31.2 Å². The van der Waals surface area contributed by atoms with Gasteiger partial charge in [-0.3, -0.25) is 4.90 Å². The normalized spacial score (nSPS) is 18.4. The smallest absolute Gasteiger partial charge is 0.147 e. The van der Waals surface area contributed by atoms with Crippen LogP contribution in [-0.4, -0.2) is 37.9 Å². The molecular weight excluding hydrogens is 276 g/mol. The van der Waals surface area contributed by atoms with Gasteiger partial charge in [0.25, 0.3) is 0 Å². The van der Waals surface area contributed by atoms with Gasteiger partial charge in [0.05, 0.1) is 19.2 Å². The summed E-state index contributed by atoms with van der Waals surface area (Å²) in [5.74, 6) is 1.96. The van der Waals surface area contributed by atoms with E-state index in [-0.39, 0.29) is 12.6 Å². The molecule has 2 aromatic rings. The quantitative estimate of drug-likeness (QED) is 0.918. The van der Waals surface area contributed by atoms with E-state index < -0.39 is 0 Å². The minimum Gasteiger partial charge on any atom is -0.394 e. The Balaban J connectivity index is 1.84. The Morgan fingerprint density at radius 1 is 1.27 bits per heavy atom. The van der Waals surface area contributed by atoms with Crippen LogP contribution in [-0.2, 0) is 19.5 Å². The average Bonchev–Trinajstić information content (AvgIpc) is 2.88. The Morgan fingerprint density at radius 3 is 2.86 bits per heavy atom. The second-order valence-corrected chi connectivity index (χ2v) is 5.93. The Morgan fingerprint density at radius 2 is 2.09 bits per heavy atom. The van der Waals surface area contributed by atoms with E-state index in [4.69, 9.17) is 0 Å². The van der Waals surface area contributed by atoms with Gasteiger partial charge in [0, 0.05) is 13.1 Å². The molecule has 0 saturated heterocycles. The molecule has 5 heteroatoms. The molecule has 1 N–H and O–H groups in total. The van der Waals surface area contributed by atoms with Crippen molar-refractivity contribution < 1.29 is 5.11 Å². The predicted molar refractivity (Wildman–Crippen MR) is 85.4 cm³/mol. The number of aliphatic hydroxyl groups excluding tert-OH is 1. The van der Waals surface area contributed by atoms with Crippen molar-refractivity contribution in [2.75, 3.05) is 13.2 Å². The van der Waals surface area contributed by atoms with Crippen molar-refractivity contribution in [2.45, 2.75) is 45.8 Å². The monoisotopic (exact) mass is 300 g/mol. The van der Waals surface area contributed by atoms with Gasteiger partial charge in [-0.05, 0) is 30.9 Å². The number of nitrogens with zero attached hydrogens (tertiary/aromatic N) is 4. The Bertz CT molecular complexity index is 637. The van der Waals surface area contributed by atoms with Crippen LogP contribution in [0, 0.1) is 6.92 Å². The van der Waals surface area contributed by atoms with Gasteiger partial charge in [0.1, 0.15) is 11.6 Å². The number of aromatic nitrogens is 3. The first-order valence-corrected chi connectivity index (χ1v) is 8.06. The van der Waals surface area contributed by atoms with E-state index >= 15 is 0 Å². The van der Waals surface area contributed by atoms with Crippen LogP contribution in [0.2, 0.25) is 0 Å². The topological polar surface area (TPSA) is 54.2 Å². The number of hydrogen-bond acceptors (Lipinski definition) is 4. The zero-order valence-corrected chi connectivity index (χ0v) is 13.4. The number of aliphatic hydroxyl groups is 1. The number of benzene rings is 1. The van der Waals surface area contributed by atoms with Crippen LogP contribution < -0.4 is 0 Å². The molecular formula is C17H24N4O. The molecule has 1 aliphatic heterocycles. The number of hydrogen-bond donors (Lipinski definition) is 1. The lowest BCUT2D eigenvalue weighted by atomic mass is 9.93. The maximum absolute atomic E-state index is 9.88. The van der Waals surface area contributed by atoms with Crippen molar-refractivity contribution in [3.63, 3.8) is 0 Å². The molecule has 0 aliphatic carbocycles. The zero-order valence-electron chi connectivity index (χ0n) is 13.4. The second kappa shape index (κ2) is 6.58. The summed E-state index contributed by atoms with van der Waals surface area (Å²) in [6.07, 6.45) is 2.09. The summed E-state index contributed by atoms with van der Waals surface area (Å²) in [6.45, 7) is 6.93. The van der Waals surface area contributed by atoms with Crippen LogP contribution in [0.5, 0.6) is 0 Å². The lowest BCUT2D eigenvalue weighted by Gasteiger charge is -2.36. The van der Waals surface area contributed by atoms with E-state index in [1.807, 2.05) is 6.92 Å². The van der Waals surface area contributed by atoms with E-state index in [2.05, 4.69) is 50.9 Å². The van der Waals surface area contributed by atoms with Gasteiger partial charge in [-0.15, -0.1) is 10.2 Å². The van der Waals surface area contributed by atoms with Crippen LogP contribution in [0.3, 0.4) is 0 Å². The fraction of sp³-hybridized carbons (Fsp3) is 0.529. The van der Waals surface area contributed by atoms with Crippen molar-refractivity contribution in [1.82, 2.24) is 19.7 Å². The van der Waals surface area contributed by atoms with Gasteiger partial charge in [0.15, 0.2) is 0 Å². The maximum atomic E-state index is 9.88. The van der Waals surface area contributed by atoms with Crippen LogP contribution in [0.15, 0.2) is 24.3 Å². The van der Waals surface area contributed by atoms with E-state index in [1.54, 1.807) is 0 Å². The Kier molecular flexibility index (Phi) is 4.55. The number of rotatable bonds is 5. The summed E-state index contributed by atoms with van der Waals surface area (Å²) >= 11 is 0. The van der Waals surface area contributed by atoms with E-state index in [9.17, 15) is 5.11 Å². The fourth-order valence-corrected chi connectivity index (χ4v) is 3.34. The maximum Gasteiger partial charge on any atom is 0.147 e. The largest absolute Gasteiger partial charge is 0.394 e. The highest BCUT2D eigenvalue weighted by atomic mass is 16.3. The summed E-state index contributed by atoms with van der Waals surface area (Å²) in [5, 5.41) is 18.4. The van der Waals surface area contributed by atoms with Crippen LogP contribution >= 0.6 is 0 Å². The third kappa shape index (κ3) is 2.78. The summed E-state index contributed by atoms with van der Waals surface area (Å²) in [4.78, 5) is 2.32. The second-order valence-electron chi connectivity index (χ2n) is 5.93. The van der Waals surface area contributed by atoms with Crippen molar-refractivity contribution in [1.29, 1.82) is 0 Å². The summed E-state index contributed by atoms with van der Waals surface area (Å²) in [5.41, 5.74) is 2.60. The molecule has 1 aromatic carbocycles. The van der Waals surface area contributed by atoms with Crippen molar-refractivity contribution in [3.05, 3.63) is 47.0 Å². The van der Waals surface area contributed by atoms with E-state index in [1.165, 1.54) is 11.1 Å². The molecule has 0 radical (unpaired) electrons. The molecule has 1 atom stereocenters. The minimum absolute atomic E-state index is 0.0528. The third-order valence-electron chi connectivity index (χ3n) is 4.50. The average molecular weight is 300 g/mol. The lowest BCUT2D eigenvalue weighted by Crippen LogP contribution is -2.37. The van der Waals surface area contributed by atoms with Crippen LogP contribution in [0.4, 0.5) is 0 Å². The van der Waals surface area contributed by atoms with Gasteiger partial charge < -0.3 is 9.67 Å². The molecule has 2 heterocycles. The Hall–Kier alpha value is -1.72. The SMILES string of the molecule is CCCn1c(C)nnc1CN1CCc2ccccc2C1CO. The molecule has 1 aliphatic rings. The molecule has 0 saturated carbocycles. The summed E-state index contributed by atoms with van der Waals surface area (Å²) in [6, 6.07) is 8.47. The molecule has 0 spiro atoms. The van der Waals surface area contributed by atoms with Gasteiger partial charge in [-0.25, -0.2) is 0 Å². The predicted octanol–water partition coefficient (Wildman–Crippen LogP) is 2.09. The molecule has 3 rings (SSSR count). The first-order chi connectivity index (χ1) is 10.7. The first-order valence-electron chi connectivity index (χ1n) is 8.06. The Labute approximate surface area is 131 Å².